The second-order valence-corrected chi connectivity index (χ2v) is 4.08. The van der Waals surface area contributed by atoms with Crippen molar-refractivity contribution < 1.29 is 4.92 Å². The van der Waals surface area contributed by atoms with Gasteiger partial charge in [-0.25, -0.2) is 0 Å². The summed E-state index contributed by atoms with van der Waals surface area (Å²) in [5.74, 6) is 2.63. The molecule has 0 aliphatic heterocycles. The molecule has 1 saturated carbocycles. The van der Waals surface area contributed by atoms with Gasteiger partial charge in [-0.1, -0.05) is 17.5 Å². The van der Waals surface area contributed by atoms with Crippen LogP contribution in [-0.2, 0) is 5.41 Å². The number of nitrogens with zero attached hydrogens (tertiary/aromatic N) is 1. The topological polar surface area (TPSA) is 43.1 Å². The van der Waals surface area contributed by atoms with E-state index < -0.39 is 10.3 Å². The van der Waals surface area contributed by atoms with Crippen molar-refractivity contribution in [3.05, 3.63) is 38.9 Å². The summed E-state index contributed by atoms with van der Waals surface area (Å²) >= 11 is 5.82. The lowest BCUT2D eigenvalue weighted by molar-refractivity contribution is -0.385. The van der Waals surface area contributed by atoms with Crippen molar-refractivity contribution in [3.8, 4) is 12.3 Å². The molecular formula is C11H8ClNO2. The van der Waals surface area contributed by atoms with Crippen LogP contribution in [0, 0.1) is 22.5 Å². The lowest BCUT2D eigenvalue weighted by Crippen LogP contribution is -2.06. The standard InChI is InChI=1S/C11H8ClNO2/c1-2-11(5-6-11)9-7-8(12)3-4-10(9)13(14)15/h1,3-4,7H,5-6H2. The van der Waals surface area contributed by atoms with E-state index in [9.17, 15) is 10.1 Å². The summed E-state index contributed by atoms with van der Waals surface area (Å²) in [6.07, 6.45) is 7.00. The van der Waals surface area contributed by atoms with E-state index in [2.05, 4.69) is 5.92 Å². The molecule has 76 valence electrons. The molecule has 0 spiro atoms. The molecule has 0 saturated heterocycles. The second kappa shape index (κ2) is 3.25. The molecule has 0 bridgehead atoms. The summed E-state index contributed by atoms with van der Waals surface area (Å²) in [5, 5.41) is 11.3. The molecule has 0 radical (unpaired) electrons. The average Bonchev–Trinajstić information content (AvgIpc) is 2.97. The second-order valence-electron chi connectivity index (χ2n) is 3.65. The van der Waals surface area contributed by atoms with Crippen LogP contribution in [0.1, 0.15) is 18.4 Å². The summed E-state index contributed by atoms with van der Waals surface area (Å²) in [5.41, 5.74) is 0.185. The van der Waals surface area contributed by atoms with Crippen LogP contribution in [0.15, 0.2) is 18.2 Å². The number of hydrogen-bond donors (Lipinski definition) is 0. The number of halogens is 1. The highest BCUT2D eigenvalue weighted by molar-refractivity contribution is 6.30. The van der Waals surface area contributed by atoms with Crippen LogP contribution in [-0.4, -0.2) is 4.92 Å². The molecule has 1 fully saturated rings. The van der Waals surface area contributed by atoms with Crippen molar-refractivity contribution in [1.29, 1.82) is 0 Å². The van der Waals surface area contributed by atoms with Crippen molar-refractivity contribution in [3.63, 3.8) is 0 Å². The van der Waals surface area contributed by atoms with Gasteiger partial charge in [0.25, 0.3) is 5.69 Å². The van der Waals surface area contributed by atoms with Crippen LogP contribution in [0.3, 0.4) is 0 Å². The van der Waals surface area contributed by atoms with Gasteiger partial charge in [0.1, 0.15) is 0 Å². The van der Waals surface area contributed by atoms with Gasteiger partial charge in [0.15, 0.2) is 0 Å². The maximum atomic E-state index is 10.8. The Bertz CT molecular complexity index is 472. The molecule has 0 unspecified atom stereocenters. The number of terminal acetylenes is 1. The van der Waals surface area contributed by atoms with Crippen LogP contribution < -0.4 is 0 Å². The van der Waals surface area contributed by atoms with Crippen molar-refractivity contribution in [2.45, 2.75) is 18.3 Å². The van der Waals surface area contributed by atoms with Crippen LogP contribution >= 0.6 is 11.6 Å². The Morgan fingerprint density at radius 2 is 2.20 bits per heavy atom. The van der Waals surface area contributed by atoms with E-state index in [4.69, 9.17) is 18.0 Å². The summed E-state index contributed by atoms with van der Waals surface area (Å²) < 4.78 is 0. The molecule has 1 aliphatic carbocycles. The van der Waals surface area contributed by atoms with Gasteiger partial charge >= 0.3 is 0 Å². The Balaban J connectivity index is 2.59. The Morgan fingerprint density at radius 3 is 2.67 bits per heavy atom. The normalized spacial score (nSPS) is 16.8. The minimum Gasteiger partial charge on any atom is -0.258 e. The monoisotopic (exact) mass is 221 g/mol. The average molecular weight is 222 g/mol. The number of nitro groups is 1. The van der Waals surface area contributed by atoms with E-state index in [1.54, 1.807) is 6.07 Å². The lowest BCUT2D eigenvalue weighted by atomic mass is 9.95. The summed E-state index contributed by atoms with van der Waals surface area (Å²) in [6.45, 7) is 0. The molecule has 1 aromatic rings. The highest BCUT2D eigenvalue weighted by Gasteiger charge is 2.46. The maximum Gasteiger partial charge on any atom is 0.274 e. The SMILES string of the molecule is C#CC1(c2cc(Cl)ccc2[N+](=O)[O-])CC1. The zero-order valence-corrected chi connectivity index (χ0v) is 8.62. The molecule has 4 heteroatoms. The third-order valence-corrected chi connectivity index (χ3v) is 2.93. The van der Waals surface area contributed by atoms with Gasteiger partial charge in [-0.2, -0.15) is 0 Å². The maximum absolute atomic E-state index is 10.8. The van der Waals surface area contributed by atoms with E-state index >= 15 is 0 Å². The molecule has 2 rings (SSSR count). The quantitative estimate of drug-likeness (QED) is 0.438. The lowest BCUT2D eigenvalue weighted by Gasteiger charge is -2.08. The number of hydrogen-bond acceptors (Lipinski definition) is 2. The third-order valence-electron chi connectivity index (χ3n) is 2.70. The van der Waals surface area contributed by atoms with E-state index in [1.807, 2.05) is 0 Å². The van der Waals surface area contributed by atoms with Crippen LogP contribution in [0.5, 0.6) is 0 Å². The van der Waals surface area contributed by atoms with Crippen LogP contribution in [0.4, 0.5) is 5.69 Å². The summed E-state index contributed by atoms with van der Waals surface area (Å²) in [4.78, 5) is 10.4. The fourth-order valence-corrected chi connectivity index (χ4v) is 1.84. The van der Waals surface area contributed by atoms with Gasteiger partial charge in [-0.15, -0.1) is 6.42 Å². The van der Waals surface area contributed by atoms with Crippen molar-refractivity contribution in [1.82, 2.24) is 0 Å². The smallest absolute Gasteiger partial charge is 0.258 e. The van der Waals surface area contributed by atoms with Gasteiger partial charge < -0.3 is 0 Å². The molecule has 0 atom stereocenters. The fourth-order valence-electron chi connectivity index (χ4n) is 1.67. The largest absolute Gasteiger partial charge is 0.274 e. The predicted octanol–water partition coefficient (Wildman–Crippen LogP) is 2.91. The molecule has 1 aliphatic rings. The Morgan fingerprint density at radius 1 is 1.53 bits per heavy atom. The molecule has 0 heterocycles. The van der Waals surface area contributed by atoms with Crippen molar-refractivity contribution >= 4 is 17.3 Å². The van der Waals surface area contributed by atoms with E-state index in [-0.39, 0.29) is 5.69 Å². The first-order chi connectivity index (χ1) is 7.09. The first-order valence-electron chi connectivity index (χ1n) is 4.51. The van der Waals surface area contributed by atoms with Gasteiger partial charge in [0, 0.05) is 16.7 Å². The molecule has 0 N–H and O–H groups in total. The predicted molar refractivity (Wildman–Crippen MR) is 57.9 cm³/mol. The Kier molecular flexibility index (Phi) is 2.17. The highest BCUT2D eigenvalue weighted by Crippen LogP contribution is 2.51. The molecule has 15 heavy (non-hydrogen) atoms. The first kappa shape index (κ1) is 10.0. The van der Waals surface area contributed by atoms with Gasteiger partial charge in [0.2, 0.25) is 0 Å². The van der Waals surface area contributed by atoms with E-state index in [0.29, 0.717) is 10.6 Å². The number of benzene rings is 1. The Labute approximate surface area is 92.2 Å². The summed E-state index contributed by atoms with van der Waals surface area (Å²) in [7, 11) is 0. The zero-order chi connectivity index (χ0) is 11.1. The molecule has 3 nitrogen and oxygen atoms in total. The number of nitro benzene ring substituents is 1. The zero-order valence-electron chi connectivity index (χ0n) is 7.87. The van der Waals surface area contributed by atoms with Crippen molar-refractivity contribution in [2.24, 2.45) is 0 Å². The molecule has 1 aromatic carbocycles. The highest BCUT2D eigenvalue weighted by atomic mass is 35.5. The van der Waals surface area contributed by atoms with E-state index in [1.165, 1.54) is 12.1 Å². The minimum atomic E-state index is -0.451. The third kappa shape index (κ3) is 1.57. The van der Waals surface area contributed by atoms with Crippen LogP contribution in [0.2, 0.25) is 5.02 Å². The Hall–Kier alpha value is -1.53. The molecule has 0 aromatic heterocycles. The van der Waals surface area contributed by atoms with E-state index in [0.717, 1.165) is 12.8 Å². The van der Waals surface area contributed by atoms with Gasteiger partial charge in [0.05, 0.1) is 10.3 Å². The van der Waals surface area contributed by atoms with Crippen LogP contribution in [0.25, 0.3) is 0 Å². The van der Waals surface area contributed by atoms with Gasteiger partial charge in [-0.3, -0.25) is 10.1 Å². The molecular weight excluding hydrogens is 214 g/mol. The summed E-state index contributed by atoms with van der Waals surface area (Å²) in [6, 6.07) is 4.53. The minimum absolute atomic E-state index is 0.0647. The fraction of sp³-hybridized carbons (Fsp3) is 0.273. The van der Waals surface area contributed by atoms with Crippen molar-refractivity contribution in [2.75, 3.05) is 0 Å². The molecule has 0 amide bonds. The van der Waals surface area contributed by atoms with Gasteiger partial charge in [-0.05, 0) is 25.0 Å². The first-order valence-corrected chi connectivity index (χ1v) is 4.89. The number of rotatable bonds is 2.